The Hall–Kier alpha value is -0.810. The number of carbonyl (C=O) groups is 1. The zero-order chi connectivity index (χ0) is 13.9. The second kappa shape index (κ2) is 8.73. The lowest BCUT2D eigenvalue weighted by molar-refractivity contribution is -0.149. The molecule has 0 aliphatic carbocycles. The van der Waals surface area contributed by atoms with Crippen molar-refractivity contribution in [2.24, 2.45) is 17.6 Å². The maximum absolute atomic E-state index is 12.0. The van der Waals surface area contributed by atoms with Gasteiger partial charge in [-0.3, -0.25) is 0 Å². The van der Waals surface area contributed by atoms with E-state index in [1.165, 1.54) is 25.9 Å². The monoisotopic (exact) mass is 346 g/mol. The summed E-state index contributed by atoms with van der Waals surface area (Å²) in [6.07, 6.45) is 2.49. The minimum Gasteiger partial charge on any atom is -0.464 e. The van der Waals surface area contributed by atoms with Crippen LogP contribution in [0.2, 0.25) is 0 Å². The molecular weight excluding hydrogens is 323 g/mol. The summed E-state index contributed by atoms with van der Waals surface area (Å²) in [4.78, 5) is 14.5. The summed E-state index contributed by atoms with van der Waals surface area (Å²) >= 11 is 0. The SMILES string of the molecule is Cl.Cl.NC(C(=O)OC[C@@H]1CN2CCC1CC2)c1ccccc1. The van der Waals surface area contributed by atoms with Crippen LogP contribution in [0, 0.1) is 11.8 Å². The van der Waals surface area contributed by atoms with Crippen molar-refractivity contribution in [2.75, 3.05) is 26.2 Å². The average Bonchev–Trinajstić information content (AvgIpc) is 2.54. The fourth-order valence-corrected chi connectivity index (χ4v) is 3.35. The molecule has 3 fully saturated rings. The van der Waals surface area contributed by atoms with Gasteiger partial charge in [0.05, 0.1) is 6.61 Å². The smallest absolute Gasteiger partial charge is 0.327 e. The van der Waals surface area contributed by atoms with Crippen LogP contribution in [0.15, 0.2) is 30.3 Å². The van der Waals surface area contributed by atoms with Gasteiger partial charge < -0.3 is 15.4 Å². The highest BCUT2D eigenvalue weighted by molar-refractivity contribution is 5.85. The van der Waals surface area contributed by atoms with Crippen molar-refractivity contribution in [3.05, 3.63) is 35.9 Å². The highest BCUT2D eigenvalue weighted by Crippen LogP contribution is 2.32. The third-order valence-electron chi connectivity index (χ3n) is 4.64. The first-order valence-electron chi connectivity index (χ1n) is 7.43. The van der Waals surface area contributed by atoms with E-state index >= 15 is 0 Å². The lowest BCUT2D eigenvalue weighted by atomic mass is 9.79. The van der Waals surface area contributed by atoms with Crippen molar-refractivity contribution in [1.82, 2.24) is 4.90 Å². The van der Waals surface area contributed by atoms with E-state index in [-0.39, 0.29) is 30.8 Å². The van der Waals surface area contributed by atoms with Crippen molar-refractivity contribution >= 4 is 30.8 Å². The summed E-state index contributed by atoms with van der Waals surface area (Å²) in [6.45, 7) is 4.00. The molecule has 3 heterocycles. The number of fused-ring (bicyclic) bond motifs is 3. The quantitative estimate of drug-likeness (QED) is 0.850. The van der Waals surface area contributed by atoms with Gasteiger partial charge in [-0.2, -0.15) is 0 Å². The number of hydrogen-bond donors (Lipinski definition) is 1. The fraction of sp³-hybridized carbons (Fsp3) is 0.562. The number of esters is 1. The molecule has 6 heteroatoms. The molecule has 1 unspecified atom stereocenters. The third kappa shape index (κ3) is 4.35. The average molecular weight is 347 g/mol. The summed E-state index contributed by atoms with van der Waals surface area (Å²) in [5, 5.41) is 0. The van der Waals surface area contributed by atoms with E-state index in [0.29, 0.717) is 12.5 Å². The molecule has 0 aromatic heterocycles. The standard InChI is InChI=1S/C16H22N2O2.2ClH/c17-15(13-4-2-1-3-5-13)16(19)20-11-14-10-18-8-6-12(14)7-9-18;;/h1-5,12,14-15H,6-11,17H2;2*1H/t14-,15?;;/m0../s1. The third-order valence-corrected chi connectivity index (χ3v) is 4.64. The lowest BCUT2D eigenvalue weighted by Gasteiger charge is -2.44. The van der Waals surface area contributed by atoms with Gasteiger partial charge in [-0.25, -0.2) is 4.79 Å². The predicted molar refractivity (Wildman–Crippen MR) is 91.5 cm³/mol. The van der Waals surface area contributed by atoms with Crippen LogP contribution >= 0.6 is 24.8 Å². The van der Waals surface area contributed by atoms with E-state index < -0.39 is 6.04 Å². The van der Waals surface area contributed by atoms with Gasteiger partial charge in [-0.15, -0.1) is 24.8 Å². The van der Waals surface area contributed by atoms with E-state index in [1.807, 2.05) is 30.3 Å². The van der Waals surface area contributed by atoms with Crippen LogP contribution in [0.1, 0.15) is 24.4 Å². The summed E-state index contributed by atoms with van der Waals surface area (Å²) in [5.74, 6) is 0.901. The van der Waals surface area contributed by atoms with Crippen LogP contribution in [0.5, 0.6) is 0 Å². The topological polar surface area (TPSA) is 55.6 Å². The first-order chi connectivity index (χ1) is 9.74. The number of carbonyl (C=O) groups excluding carboxylic acids is 1. The second-order valence-corrected chi connectivity index (χ2v) is 5.92. The number of rotatable bonds is 4. The van der Waals surface area contributed by atoms with Crippen molar-refractivity contribution in [2.45, 2.75) is 18.9 Å². The summed E-state index contributed by atoms with van der Waals surface area (Å²) in [5.41, 5.74) is 6.76. The minimum absolute atomic E-state index is 0. The molecule has 2 bridgehead atoms. The Balaban J connectivity index is 0.00000121. The normalized spacial score (nSPS) is 27.2. The molecule has 0 amide bonds. The van der Waals surface area contributed by atoms with Crippen molar-refractivity contribution in [1.29, 1.82) is 0 Å². The molecule has 3 aliphatic rings. The fourth-order valence-electron chi connectivity index (χ4n) is 3.35. The molecule has 1 aromatic carbocycles. The number of nitrogens with two attached hydrogens (primary N) is 1. The highest BCUT2D eigenvalue weighted by atomic mass is 35.5. The molecule has 0 radical (unpaired) electrons. The van der Waals surface area contributed by atoms with Gasteiger partial charge in [-0.05, 0) is 37.4 Å². The largest absolute Gasteiger partial charge is 0.464 e. The number of piperidine rings is 3. The first-order valence-corrected chi connectivity index (χ1v) is 7.43. The van der Waals surface area contributed by atoms with E-state index in [1.54, 1.807) is 0 Å². The Kier molecular flexibility index (Phi) is 7.63. The summed E-state index contributed by atoms with van der Waals surface area (Å²) < 4.78 is 5.46. The van der Waals surface area contributed by atoms with Crippen molar-refractivity contribution in [3.8, 4) is 0 Å². The van der Waals surface area contributed by atoms with Gasteiger partial charge in [0, 0.05) is 12.5 Å². The van der Waals surface area contributed by atoms with Gasteiger partial charge in [0.2, 0.25) is 0 Å². The maximum atomic E-state index is 12.0. The molecule has 4 nitrogen and oxygen atoms in total. The predicted octanol–water partition coefficient (Wildman–Crippen LogP) is 2.42. The van der Waals surface area contributed by atoms with E-state index in [9.17, 15) is 4.79 Å². The Morgan fingerprint density at radius 2 is 1.86 bits per heavy atom. The van der Waals surface area contributed by atoms with Crippen molar-refractivity contribution in [3.63, 3.8) is 0 Å². The molecule has 0 saturated carbocycles. The lowest BCUT2D eigenvalue weighted by Crippen LogP contribution is -2.49. The van der Waals surface area contributed by atoms with Crippen LogP contribution in [0.25, 0.3) is 0 Å². The summed E-state index contributed by atoms with van der Waals surface area (Å²) in [6, 6.07) is 8.73. The number of benzene rings is 1. The zero-order valence-electron chi connectivity index (χ0n) is 12.5. The Labute approximate surface area is 144 Å². The molecule has 3 saturated heterocycles. The minimum atomic E-state index is -0.669. The Bertz CT molecular complexity index is 464. The molecule has 2 N–H and O–H groups in total. The van der Waals surface area contributed by atoms with E-state index in [0.717, 1.165) is 18.0 Å². The molecule has 3 aliphatic heterocycles. The van der Waals surface area contributed by atoms with Gasteiger partial charge in [0.1, 0.15) is 6.04 Å². The summed E-state index contributed by atoms with van der Waals surface area (Å²) in [7, 11) is 0. The van der Waals surface area contributed by atoms with Gasteiger partial charge in [0.15, 0.2) is 0 Å². The van der Waals surface area contributed by atoms with Crippen LogP contribution < -0.4 is 5.73 Å². The van der Waals surface area contributed by atoms with Crippen LogP contribution in [0.3, 0.4) is 0 Å². The van der Waals surface area contributed by atoms with Crippen LogP contribution in [0.4, 0.5) is 0 Å². The number of ether oxygens (including phenoxy) is 1. The number of hydrogen-bond acceptors (Lipinski definition) is 4. The molecule has 124 valence electrons. The molecule has 0 spiro atoms. The van der Waals surface area contributed by atoms with Gasteiger partial charge >= 0.3 is 5.97 Å². The molecular formula is C16H24Cl2N2O2. The molecule has 2 atom stereocenters. The molecule has 4 rings (SSSR count). The van der Waals surface area contributed by atoms with Crippen molar-refractivity contribution < 1.29 is 9.53 Å². The Morgan fingerprint density at radius 3 is 2.41 bits per heavy atom. The zero-order valence-corrected chi connectivity index (χ0v) is 14.2. The first kappa shape index (κ1) is 19.2. The van der Waals surface area contributed by atoms with E-state index in [4.69, 9.17) is 10.5 Å². The number of nitrogens with zero attached hydrogens (tertiary/aromatic N) is 1. The van der Waals surface area contributed by atoms with Crippen LogP contribution in [-0.4, -0.2) is 37.1 Å². The van der Waals surface area contributed by atoms with Crippen LogP contribution in [-0.2, 0) is 9.53 Å². The molecule has 22 heavy (non-hydrogen) atoms. The maximum Gasteiger partial charge on any atom is 0.327 e. The second-order valence-electron chi connectivity index (χ2n) is 5.92. The highest BCUT2D eigenvalue weighted by Gasteiger charge is 2.35. The molecule has 1 aromatic rings. The van der Waals surface area contributed by atoms with E-state index in [2.05, 4.69) is 4.90 Å². The van der Waals surface area contributed by atoms with Gasteiger partial charge in [0.25, 0.3) is 0 Å². The number of halogens is 2. The Morgan fingerprint density at radius 1 is 1.23 bits per heavy atom. The van der Waals surface area contributed by atoms with Gasteiger partial charge in [-0.1, -0.05) is 30.3 Å².